The van der Waals surface area contributed by atoms with Crippen molar-refractivity contribution in [1.82, 2.24) is 4.90 Å². The summed E-state index contributed by atoms with van der Waals surface area (Å²) in [5, 5.41) is 0. The van der Waals surface area contributed by atoms with Crippen LogP contribution in [0.5, 0.6) is 0 Å². The third-order valence-corrected chi connectivity index (χ3v) is 2.97. The summed E-state index contributed by atoms with van der Waals surface area (Å²) in [5.41, 5.74) is 1.59. The molecule has 1 heteroatoms. The molecule has 1 rings (SSSR count). The maximum Gasteiger partial charge on any atom is 0.0193 e. The average Bonchev–Trinajstić information content (AvgIpc) is 2.18. The number of hydrogen-bond donors (Lipinski definition) is 0. The van der Waals surface area contributed by atoms with Gasteiger partial charge in [-0.25, -0.2) is 0 Å². The Kier molecular flexibility index (Phi) is 5.70. The number of unbranched alkanes of at least 4 members (excludes halogenated alkanes) is 2. The first-order chi connectivity index (χ1) is 7.22. The molecule has 1 nitrogen and oxygen atoms in total. The number of rotatable bonds is 6. The van der Waals surface area contributed by atoms with Crippen molar-refractivity contribution in [2.24, 2.45) is 5.92 Å². The van der Waals surface area contributed by atoms with E-state index in [0.717, 1.165) is 12.5 Å². The van der Waals surface area contributed by atoms with E-state index < -0.39 is 0 Å². The van der Waals surface area contributed by atoms with Crippen LogP contribution in [0.25, 0.3) is 0 Å². The summed E-state index contributed by atoms with van der Waals surface area (Å²) in [7, 11) is 2.24. The lowest BCUT2D eigenvalue weighted by atomic mass is 9.96. The van der Waals surface area contributed by atoms with Crippen LogP contribution in [0.3, 0.4) is 0 Å². The largest absolute Gasteiger partial charge is 0.302 e. The van der Waals surface area contributed by atoms with Crippen molar-refractivity contribution in [3.63, 3.8) is 0 Å². The Hall–Kier alpha value is -0.560. The Morgan fingerprint density at radius 2 is 2.20 bits per heavy atom. The van der Waals surface area contributed by atoms with E-state index in [-0.39, 0.29) is 0 Å². The molecule has 0 aromatic carbocycles. The lowest BCUT2D eigenvalue weighted by Gasteiger charge is -2.21. The van der Waals surface area contributed by atoms with E-state index in [1.54, 1.807) is 5.57 Å². The lowest BCUT2D eigenvalue weighted by Crippen LogP contribution is -2.23. The molecule has 0 radical (unpaired) electrons. The van der Waals surface area contributed by atoms with Gasteiger partial charge in [0.15, 0.2) is 0 Å². The van der Waals surface area contributed by atoms with E-state index in [1.807, 2.05) is 0 Å². The van der Waals surface area contributed by atoms with Gasteiger partial charge < -0.3 is 4.90 Å². The second kappa shape index (κ2) is 6.84. The molecule has 0 spiro atoms. The monoisotopic (exact) mass is 207 g/mol. The molecule has 0 N–H and O–H groups in total. The van der Waals surface area contributed by atoms with Gasteiger partial charge in [0.1, 0.15) is 0 Å². The Morgan fingerprint density at radius 3 is 2.87 bits per heavy atom. The zero-order valence-electron chi connectivity index (χ0n) is 10.5. The number of likely N-dealkylation sites (N-methyl/N-ethyl adjacent to an activating group) is 1. The van der Waals surface area contributed by atoms with Crippen LogP contribution in [0.2, 0.25) is 0 Å². The minimum atomic E-state index is 0.731. The van der Waals surface area contributed by atoms with Crippen LogP contribution >= 0.6 is 0 Å². The van der Waals surface area contributed by atoms with Gasteiger partial charge in [-0.2, -0.15) is 0 Å². The minimum absolute atomic E-state index is 0.731. The Balaban J connectivity index is 2.22. The smallest absolute Gasteiger partial charge is 0.0193 e. The van der Waals surface area contributed by atoms with Gasteiger partial charge in [-0.05, 0) is 32.4 Å². The molecule has 0 heterocycles. The van der Waals surface area contributed by atoms with Crippen LogP contribution in [0.1, 0.15) is 39.5 Å². The molecule has 0 aliphatic heterocycles. The molecular weight excluding hydrogens is 182 g/mol. The van der Waals surface area contributed by atoms with Crippen molar-refractivity contribution in [2.75, 3.05) is 20.1 Å². The molecule has 1 aliphatic carbocycles. The summed E-state index contributed by atoms with van der Waals surface area (Å²) in [6.07, 6.45) is 12.1. The van der Waals surface area contributed by atoms with Crippen LogP contribution in [-0.4, -0.2) is 25.0 Å². The van der Waals surface area contributed by atoms with Crippen molar-refractivity contribution in [1.29, 1.82) is 0 Å². The van der Waals surface area contributed by atoms with Crippen molar-refractivity contribution in [2.45, 2.75) is 39.5 Å². The summed E-state index contributed by atoms with van der Waals surface area (Å²) >= 11 is 0. The molecule has 0 aromatic rings. The highest BCUT2D eigenvalue weighted by Crippen LogP contribution is 2.18. The first-order valence-corrected chi connectivity index (χ1v) is 6.27. The lowest BCUT2D eigenvalue weighted by molar-refractivity contribution is 0.345. The zero-order chi connectivity index (χ0) is 11.1. The highest BCUT2D eigenvalue weighted by atomic mass is 15.1. The minimum Gasteiger partial charge on any atom is -0.302 e. The highest BCUT2D eigenvalue weighted by Gasteiger charge is 2.08. The van der Waals surface area contributed by atoms with E-state index >= 15 is 0 Å². The summed E-state index contributed by atoms with van der Waals surface area (Å²) in [5.74, 6) is 0.731. The molecule has 1 atom stereocenters. The molecule has 0 saturated carbocycles. The van der Waals surface area contributed by atoms with Crippen LogP contribution in [0.15, 0.2) is 23.8 Å². The van der Waals surface area contributed by atoms with Crippen molar-refractivity contribution >= 4 is 0 Å². The quantitative estimate of drug-likeness (QED) is 0.601. The van der Waals surface area contributed by atoms with Crippen molar-refractivity contribution < 1.29 is 0 Å². The normalized spacial score (nSPS) is 20.8. The van der Waals surface area contributed by atoms with E-state index in [1.165, 1.54) is 32.2 Å². The fraction of sp³-hybridized carbons (Fsp3) is 0.714. The summed E-state index contributed by atoms with van der Waals surface area (Å²) in [6.45, 7) is 6.94. The SMILES string of the molecule is CCCCCN(C)CC1=CC=CC(C)C1. The second-order valence-corrected chi connectivity index (χ2v) is 4.84. The van der Waals surface area contributed by atoms with E-state index in [4.69, 9.17) is 0 Å². The predicted molar refractivity (Wildman–Crippen MR) is 68.0 cm³/mol. The maximum absolute atomic E-state index is 2.45. The fourth-order valence-corrected chi connectivity index (χ4v) is 2.11. The zero-order valence-corrected chi connectivity index (χ0v) is 10.5. The van der Waals surface area contributed by atoms with E-state index in [2.05, 4.69) is 44.0 Å². The number of nitrogens with zero attached hydrogens (tertiary/aromatic N) is 1. The van der Waals surface area contributed by atoms with Crippen LogP contribution in [0, 0.1) is 5.92 Å². The standard InChI is InChI=1S/C14H25N/c1-4-5-6-10-15(3)12-14-9-7-8-13(2)11-14/h7-9,13H,4-6,10-12H2,1-3H3. The molecule has 0 amide bonds. The number of hydrogen-bond acceptors (Lipinski definition) is 1. The van der Waals surface area contributed by atoms with Crippen LogP contribution < -0.4 is 0 Å². The Labute approximate surface area is 94.9 Å². The molecule has 0 bridgehead atoms. The fourth-order valence-electron chi connectivity index (χ4n) is 2.11. The highest BCUT2D eigenvalue weighted by molar-refractivity contribution is 5.20. The maximum atomic E-state index is 2.45. The van der Waals surface area contributed by atoms with Gasteiger partial charge in [-0.15, -0.1) is 0 Å². The summed E-state index contributed by atoms with van der Waals surface area (Å²) < 4.78 is 0. The second-order valence-electron chi connectivity index (χ2n) is 4.84. The van der Waals surface area contributed by atoms with Gasteiger partial charge in [-0.1, -0.05) is 50.5 Å². The molecule has 1 aliphatic rings. The topological polar surface area (TPSA) is 3.24 Å². The van der Waals surface area contributed by atoms with E-state index in [9.17, 15) is 0 Å². The van der Waals surface area contributed by atoms with Gasteiger partial charge in [0, 0.05) is 6.54 Å². The third-order valence-electron chi connectivity index (χ3n) is 2.97. The molecule has 0 saturated heterocycles. The molecule has 0 aromatic heterocycles. The molecular formula is C14H25N. The van der Waals surface area contributed by atoms with E-state index in [0.29, 0.717) is 0 Å². The molecule has 1 unspecified atom stereocenters. The summed E-state index contributed by atoms with van der Waals surface area (Å²) in [6, 6.07) is 0. The molecule has 0 fully saturated rings. The van der Waals surface area contributed by atoms with Crippen LogP contribution in [0.4, 0.5) is 0 Å². The first kappa shape index (κ1) is 12.5. The van der Waals surface area contributed by atoms with Crippen molar-refractivity contribution in [3.05, 3.63) is 23.8 Å². The van der Waals surface area contributed by atoms with Gasteiger partial charge in [0.2, 0.25) is 0 Å². The Morgan fingerprint density at radius 1 is 1.40 bits per heavy atom. The van der Waals surface area contributed by atoms with Crippen LogP contribution in [-0.2, 0) is 0 Å². The van der Waals surface area contributed by atoms with Crippen molar-refractivity contribution in [3.8, 4) is 0 Å². The average molecular weight is 207 g/mol. The molecule has 15 heavy (non-hydrogen) atoms. The predicted octanol–water partition coefficient (Wildman–Crippen LogP) is 3.63. The Bertz CT molecular complexity index is 227. The van der Waals surface area contributed by atoms with Gasteiger partial charge in [0.25, 0.3) is 0 Å². The number of allylic oxidation sites excluding steroid dienone is 3. The summed E-state index contributed by atoms with van der Waals surface area (Å²) in [4.78, 5) is 2.45. The van der Waals surface area contributed by atoms with Gasteiger partial charge >= 0.3 is 0 Å². The first-order valence-electron chi connectivity index (χ1n) is 6.27. The third kappa shape index (κ3) is 5.17. The molecule has 86 valence electrons. The van der Waals surface area contributed by atoms with Gasteiger partial charge in [-0.3, -0.25) is 0 Å². The van der Waals surface area contributed by atoms with Gasteiger partial charge in [0.05, 0.1) is 0 Å².